The van der Waals surface area contributed by atoms with Crippen LogP contribution in [0, 0.1) is 0 Å². The van der Waals surface area contributed by atoms with E-state index in [1.54, 1.807) is 26.0 Å². The molecule has 0 aliphatic rings. The van der Waals surface area contributed by atoms with Crippen LogP contribution in [0.3, 0.4) is 0 Å². The maximum absolute atomic E-state index is 13.0. The molecule has 0 saturated carbocycles. The van der Waals surface area contributed by atoms with Crippen LogP contribution in [0.1, 0.15) is 10.8 Å². The van der Waals surface area contributed by atoms with Gasteiger partial charge in [-0.15, -0.1) is 0 Å². The summed E-state index contributed by atoms with van der Waals surface area (Å²) in [5.41, 5.74) is 1.40. The predicted molar refractivity (Wildman–Crippen MR) is 118 cm³/mol. The number of rotatable bonds is 4. The van der Waals surface area contributed by atoms with Gasteiger partial charge >= 0.3 is 0 Å². The molecule has 4 rings (SSSR count). The first-order valence-electron chi connectivity index (χ1n) is 9.28. The number of amides is 1. The lowest BCUT2D eigenvalue weighted by Crippen LogP contribution is -2.28. The SMILES string of the molecule is CN(C)C(=O)[C@H](Sc1nc2cc3ccccc3cc2c(=O)n1C)c1ccccc1. The summed E-state index contributed by atoms with van der Waals surface area (Å²) in [6.07, 6.45) is 0. The Morgan fingerprint density at radius 2 is 1.62 bits per heavy atom. The summed E-state index contributed by atoms with van der Waals surface area (Å²) in [7, 11) is 5.17. The van der Waals surface area contributed by atoms with Gasteiger partial charge in [-0.25, -0.2) is 4.98 Å². The second-order valence-corrected chi connectivity index (χ2v) is 8.19. The lowest BCUT2D eigenvalue weighted by molar-refractivity contribution is -0.128. The fourth-order valence-corrected chi connectivity index (χ4v) is 4.48. The van der Waals surface area contributed by atoms with E-state index in [1.165, 1.54) is 16.3 Å². The number of likely N-dealkylation sites (N-methyl/N-ethyl adjacent to an activating group) is 1. The molecule has 3 aromatic carbocycles. The molecule has 0 aliphatic heterocycles. The van der Waals surface area contributed by atoms with E-state index in [4.69, 9.17) is 4.98 Å². The molecule has 0 unspecified atom stereocenters. The molecule has 29 heavy (non-hydrogen) atoms. The van der Waals surface area contributed by atoms with Crippen molar-refractivity contribution in [3.63, 3.8) is 0 Å². The third-order valence-corrected chi connectivity index (χ3v) is 6.18. The van der Waals surface area contributed by atoms with Crippen molar-refractivity contribution in [3.05, 3.63) is 82.6 Å². The third kappa shape index (κ3) is 3.63. The van der Waals surface area contributed by atoms with Gasteiger partial charge in [0.25, 0.3) is 5.56 Å². The van der Waals surface area contributed by atoms with E-state index in [2.05, 4.69) is 0 Å². The van der Waals surface area contributed by atoms with Gasteiger partial charge < -0.3 is 4.90 Å². The molecule has 0 saturated heterocycles. The first-order valence-corrected chi connectivity index (χ1v) is 10.2. The Morgan fingerprint density at radius 3 is 2.28 bits per heavy atom. The van der Waals surface area contributed by atoms with Crippen molar-refractivity contribution in [3.8, 4) is 0 Å². The van der Waals surface area contributed by atoms with Crippen LogP contribution in [0.2, 0.25) is 0 Å². The van der Waals surface area contributed by atoms with E-state index in [-0.39, 0.29) is 11.5 Å². The zero-order valence-electron chi connectivity index (χ0n) is 16.5. The summed E-state index contributed by atoms with van der Waals surface area (Å²) < 4.78 is 1.53. The summed E-state index contributed by atoms with van der Waals surface area (Å²) in [5, 5.41) is 2.64. The van der Waals surface area contributed by atoms with Crippen LogP contribution in [0.15, 0.2) is 76.7 Å². The van der Waals surface area contributed by atoms with Crippen molar-refractivity contribution >= 4 is 39.3 Å². The third-order valence-electron chi connectivity index (χ3n) is 4.89. The number of hydrogen-bond donors (Lipinski definition) is 0. The van der Waals surface area contributed by atoms with Crippen molar-refractivity contribution in [2.45, 2.75) is 10.4 Å². The average molecular weight is 404 g/mol. The Bertz CT molecular complexity index is 1270. The molecular formula is C23H21N3O2S. The molecule has 0 spiro atoms. The highest BCUT2D eigenvalue weighted by Gasteiger charge is 2.25. The zero-order chi connectivity index (χ0) is 20.5. The van der Waals surface area contributed by atoms with E-state index in [1.807, 2.05) is 66.7 Å². The first-order chi connectivity index (χ1) is 14.0. The van der Waals surface area contributed by atoms with E-state index in [0.717, 1.165) is 16.3 Å². The average Bonchev–Trinajstić information content (AvgIpc) is 2.74. The highest BCUT2D eigenvalue weighted by Crippen LogP contribution is 2.35. The van der Waals surface area contributed by atoms with E-state index >= 15 is 0 Å². The van der Waals surface area contributed by atoms with Crippen LogP contribution in [0.4, 0.5) is 0 Å². The standard InChI is InChI=1S/C23H21N3O2S/c1-25(2)22(28)20(15-9-5-4-6-10-15)29-23-24-19-14-17-12-8-7-11-16(17)13-18(19)21(27)26(23)3/h4-14,20H,1-3H3/t20-/m1/s1. The number of benzene rings is 3. The molecule has 0 fully saturated rings. The number of nitrogens with zero attached hydrogens (tertiary/aromatic N) is 3. The van der Waals surface area contributed by atoms with Gasteiger partial charge in [-0.1, -0.05) is 66.4 Å². The number of thioether (sulfide) groups is 1. The van der Waals surface area contributed by atoms with Crippen LogP contribution in [0.25, 0.3) is 21.7 Å². The van der Waals surface area contributed by atoms with Gasteiger partial charge in [0.15, 0.2) is 5.16 Å². The van der Waals surface area contributed by atoms with E-state index < -0.39 is 5.25 Å². The predicted octanol–water partition coefficient (Wildman–Crippen LogP) is 4.01. The molecule has 1 aromatic heterocycles. The second kappa shape index (κ2) is 7.72. The Kier molecular flexibility index (Phi) is 5.11. The Hall–Kier alpha value is -3.12. The molecule has 0 N–H and O–H groups in total. The van der Waals surface area contributed by atoms with Crippen molar-refractivity contribution in [1.82, 2.24) is 14.5 Å². The molecule has 0 bridgehead atoms. The molecule has 6 heteroatoms. The van der Waals surface area contributed by atoms with E-state index in [0.29, 0.717) is 16.1 Å². The van der Waals surface area contributed by atoms with Crippen LogP contribution >= 0.6 is 11.8 Å². The molecule has 0 aliphatic carbocycles. The Labute approximate surface area is 173 Å². The summed E-state index contributed by atoms with van der Waals surface area (Å²) >= 11 is 1.30. The minimum absolute atomic E-state index is 0.0472. The number of hydrogen-bond acceptors (Lipinski definition) is 4. The van der Waals surface area contributed by atoms with Crippen molar-refractivity contribution in [1.29, 1.82) is 0 Å². The summed E-state index contributed by atoms with van der Waals surface area (Å²) in [4.78, 5) is 32.2. The van der Waals surface area contributed by atoms with Gasteiger partial charge in [-0.2, -0.15) is 0 Å². The quantitative estimate of drug-likeness (QED) is 0.294. The normalized spacial score (nSPS) is 12.2. The van der Waals surface area contributed by atoms with Gasteiger partial charge in [0.1, 0.15) is 5.25 Å². The van der Waals surface area contributed by atoms with Gasteiger partial charge in [-0.3, -0.25) is 14.2 Å². The Morgan fingerprint density at radius 1 is 1.00 bits per heavy atom. The molecule has 4 aromatic rings. The smallest absolute Gasteiger partial charge is 0.261 e. The molecule has 5 nitrogen and oxygen atoms in total. The van der Waals surface area contributed by atoms with Gasteiger partial charge in [-0.05, 0) is 28.5 Å². The lowest BCUT2D eigenvalue weighted by Gasteiger charge is -2.21. The number of aromatic nitrogens is 2. The number of fused-ring (bicyclic) bond motifs is 2. The number of carbonyl (C=O) groups is 1. The monoisotopic (exact) mass is 403 g/mol. The Balaban J connectivity index is 1.85. The van der Waals surface area contributed by atoms with Crippen molar-refractivity contribution in [2.75, 3.05) is 14.1 Å². The highest BCUT2D eigenvalue weighted by molar-refractivity contribution is 8.00. The molecule has 1 atom stereocenters. The molecule has 1 amide bonds. The summed E-state index contributed by atoms with van der Waals surface area (Å²) in [6, 6.07) is 21.3. The van der Waals surface area contributed by atoms with Crippen LogP contribution in [0.5, 0.6) is 0 Å². The van der Waals surface area contributed by atoms with E-state index in [9.17, 15) is 9.59 Å². The second-order valence-electron chi connectivity index (χ2n) is 7.12. The largest absolute Gasteiger partial charge is 0.348 e. The maximum Gasteiger partial charge on any atom is 0.261 e. The van der Waals surface area contributed by atoms with Crippen LogP contribution in [-0.2, 0) is 11.8 Å². The molecular weight excluding hydrogens is 382 g/mol. The lowest BCUT2D eigenvalue weighted by atomic mass is 10.1. The molecule has 146 valence electrons. The fraction of sp³-hybridized carbons (Fsp3) is 0.174. The molecule has 0 radical (unpaired) electrons. The van der Waals surface area contributed by atoms with Gasteiger partial charge in [0.2, 0.25) is 5.91 Å². The van der Waals surface area contributed by atoms with Crippen LogP contribution < -0.4 is 5.56 Å². The summed E-state index contributed by atoms with van der Waals surface area (Å²) in [6.45, 7) is 0. The highest BCUT2D eigenvalue weighted by atomic mass is 32.2. The molecule has 1 heterocycles. The number of carbonyl (C=O) groups excluding carboxylic acids is 1. The zero-order valence-corrected chi connectivity index (χ0v) is 17.3. The summed E-state index contributed by atoms with van der Waals surface area (Å²) in [5.74, 6) is -0.0472. The minimum Gasteiger partial charge on any atom is -0.348 e. The van der Waals surface area contributed by atoms with Crippen molar-refractivity contribution in [2.24, 2.45) is 7.05 Å². The van der Waals surface area contributed by atoms with Gasteiger partial charge in [0, 0.05) is 21.1 Å². The van der Waals surface area contributed by atoms with Crippen LogP contribution in [-0.4, -0.2) is 34.5 Å². The maximum atomic E-state index is 13.0. The van der Waals surface area contributed by atoms with Gasteiger partial charge in [0.05, 0.1) is 10.9 Å². The topological polar surface area (TPSA) is 55.2 Å². The van der Waals surface area contributed by atoms with Crippen molar-refractivity contribution < 1.29 is 4.79 Å². The fourth-order valence-electron chi connectivity index (χ4n) is 3.27. The minimum atomic E-state index is -0.484. The first kappa shape index (κ1) is 19.2.